The van der Waals surface area contributed by atoms with Crippen molar-refractivity contribution in [1.29, 1.82) is 0 Å². The van der Waals surface area contributed by atoms with Gasteiger partial charge in [0.05, 0.1) is 22.4 Å². The van der Waals surface area contributed by atoms with Gasteiger partial charge in [-0.3, -0.25) is 4.98 Å². The van der Waals surface area contributed by atoms with Crippen LogP contribution in [0, 0.1) is 19.0 Å². The molecule has 0 N–H and O–H groups in total. The smallest absolute Gasteiger partial charge is 0.124 e. The SMILES string of the molecule is CC(C)(C)c1ccnc(-c2[c-]cccc2)c1.[2H]C([2H])([2H])c1c(-c2ccccc2)ccc2c1oc1c(-c3nc4ccccc4n3-c3c(C(C)C)cc(-c4ccccc4)cc3C(C)C)[c-]ccc12.[Ir]. The first-order valence-corrected chi connectivity index (χ1v) is 21.8. The van der Waals surface area contributed by atoms with Crippen LogP contribution >= 0.6 is 0 Å². The Morgan fingerprint density at radius 2 is 1.30 bits per heavy atom. The van der Waals surface area contributed by atoms with E-state index in [1.54, 1.807) is 0 Å². The number of para-hydroxylation sites is 2. The summed E-state index contributed by atoms with van der Waals surface area (Å²) < 4.78 is 34.8. The second-order valence-corrected chi connectivity index (χ2v) is 17.8. The summed E-state index contributed by atoms with van der Waals surface area (Å²) in [5.74, 6) is 1.12. The van der Waals surface area contributed by atoms with Gasteiger partial charge < -0.3 is 14.0 Å². The van der Waals surface area contributed by atoms with Gasteiger partial charge in [0.2, 0.25) is 0 Å². The van der Waals surface area contributed by atoms with Crippen LogP contribution in [0.5, 0.6) is 0 Å². The third kappa shape index (κ3) is 8.51. The van der Waals surface area contributed by atoms with Crippen molar-refractivity contribution in [3.8, 4) is 50.6 Å². The monoisotopic (exact) mass is 1020 g/mol. The van der Waals surface area contributed by atoms with Crippen LogP contribution in [0.25, 0.3) is 83.6 Å². The number of furan rings is 1. The summed E-state index contributed by atoms with van der Waals surface area (Å²) in [6.07, 6.45) is 1.87. The normalized spacial score (nSPS) is 12.5. The van der Waals surface area contributed by atoms with Crippen molar-refractivity contribution in [2.75, 3.05) is 0 Å². The van der Waals surface area contributed by atoms with Gasteiger partial charge >= 0.3 is 0 Å². The van der Waals surface area contributed by atoms with E-state index in [-0.39, 0.29) is 42.9 Å². The fourth-order valence-electron chi connectivity index (χ4n) is 8.46. The molecular weight excluding hydrogens is 959 g/mol. The van der Waals surface area contributed by atoms with Crippen LogP contribution in [0.2, 0.25) is 0 Å². The molecule has 7 aromatic carbocycles. The van der Waals surface area contributed by atoms with Crippen molar-refractivity contribution in [2.45, 2.75) is 72.6 Å². The number of aromatic nitrogens is 3. The number of hydrogen-bond donors (Lipinski definition) is 0. The number of pyridine rings is 1. The van der Waals surface area contributed by atoms with Gasteiger partial charge in [0.1, 0.15) is 5.58 Å². The molecule has 0 aliphatic carbocycles. The summed E-state index contributed by atoms with van der Waals surface area (Å²) in [5.41, 5.74) is 14.5. The van der Waals surface area contributed by atoms with Gasteiger partial charge in [0, 0.05) is 41.5 Å². The Balaban J connectivity index is 0.000000303. The molecule has 3 aromatic heterocycles. The Morgan fingerprint density at radius 3 is 1.95 bits per heavy atom. The second-order valence-electron chi connectivity index (χ2n) is 17.8. The maximum atomic E-state index is 8.61. The van der Waals surface area contributed by atoms with Gasteiger partial charge in [0.25, 0.3) is 0 Å². The van der Waals surface area contributed by atoms with Crippen LogP contribution in [0.1, 0.15) is 86.7 Å². The summed E-state index contributed by atoms with van der Waals surface area (Å²) in [7, 11) is 0. The predicted octanol–water partition coefficient (Wildman–Crippen LogP) is 16.1. The summed E-state index contributed by atoms with van der Waals surface area (Å²) in [6, 6.07) is 59.6. The van der Waals surface area contributed by atoms with Gasteiger partial charge in [-0.25, -0.2) is 0 Å². The predicted molar refractivity (Wildman–Crippen MR) is 264 cm³/mol. The van der Waals surface area contributed by atoms with E-state index in [1.807, 2.05) is 109 Å². The van der Waals surface area contributed by atoms with Crippen LogP contribution in [0.4, 0.5) is 0 Å². The molecule has 0 saturated carbocycles. The number of imidazole rings is 1. The first-order valence-electron chi connectivity index (χ1n) is 23.3. The largest absolute Gasteiger partial charge is 0.500 e. The zero-order chi connectivity index (χ0) is 46.3. The Labute approximate surface area is 395 Å². The minimum atomic E-state index is -2.41. The minimum Gasteiger partial charge on any atom is -0.500 e. The van der Waals surface area contributed by atoms with Gasteiger partial charge in [-0.2, -0.15) is 0 Å². The van der Waals surface area contributed by atoms with Gasteiger partial charge in [-0.05, 0) is 105 Å². The van der Waals surface area contributed by atoms with E-state index in [0.29, 0.717) is 28.1 Å². The molecule has 0 aliphatic heterocycles. The van der Waals surface area contributed by atoms with Crippen LogP contribution in [0.15, 0.2) is 168 Å². The molecule has 321 valence electrons. The van der Waals surface area contributed by atoms with Crippen LogP contribution in [0.3, 0.4) is 0 Å². The Hall–Kier alpha value is -6.39. The molecule has 0 aliphatic rings. The summed E-state index contributed by atoms with van der Waals surface area (Å²) in [5, 5.41) is 1.58. The van der Waals surface area contributed by atoms with E-state index in [4.69, 9.17) is 13.5 Å². The Kier molecular flexibility index (Phi) is 11.6. The van der Waals surface area contributed by atoms with Gasteiger partial charge in [-0.1, -0.05) is 150 Å². The van der Waals surface area contributed by atoms with Gasteiger partial charge in [0.15, 0.2) is 0 Å². The van der Waals surface area contributed by atoms with E-state index >= 15 is 0 Å². The van der Waals surface area contributed by atoms with Gasteiger partial charge in [-0.15, -0.1) is 54.1 Å². The van der Waals surface area contributed by atoms with Crippen molar-refractivity contribution in [3.05, 3.63) is 198 Å². The van der Waals surface area contributed by atoms with Crippen LogP contribution in [-0.2, 0) is 25.5 Å². The molecule has 1 radical (unpaired) electrons. The number of benzene rings is 7. The van der Waals surface area contributed by atoms with E-state index in [2.05, 4.69) is 125 Å². The number of fused-ring (bicyclic) bond motifs is 4. The molecule has 10 aromatic rings. The molecule has 4 nitrogen and oxygen atoms in total. The summed E-state index contributed by atoms with van der Waals surface area (Å²) in [4.78, 5) is 9.65. The first-order chi connectivity index (χ1) is 31.7. The van der Waals surface area contributed by atoms with Crippen molar-refractivity contribution >= 4 is 33.0 Å². The summed E-state index contributed by atoms with van der Waals surface area (Å²) in [6.45, 7) is 13.2. The molecule has 0 fully saturated rings. The average molecular weight is 1020 g/mol. The van der Waals surface area contributed by atoms with Crippen molar-refractivity contribution < 1.29 is 28.6 Å². The molecule has 64 heavy (non-hydrogen) atoms. The van der Waals surface area contributed by atoms with Crippen LogP contribution in [-0.4, -0.2) is 14.5 Å². The van der Waals surface area contributed by atoms with E-state index in [0.717, 1.165) is 44.3 Å². The summed E-state index contributed by atoms with van der Waals surface area (Å²) >= 11 is 0. The third-order valence-corrected chi connectivity index (χ3v) is 11.8. The average Bonchev–Trinajstić information content (AvgIpc) is 3.90. The molecule has 3 heterocycles. The number of nitrogens with zero attached hydrogens (tertiary/aromatic N) is 3. The van der Waals surface area contributed by atoms with Crippen molar-refractivity contribution in [2.24, 2.45) is 0 Å². The number of hydrogen-bond acceptors (Lipinski definition) is 3. The van der Waals surface area contributed by atoms with Crippen molar-refractivity contribution in [1.82, 2.24) is 14.5 Å². The van der Waals surface area contributed by atoms with E-state index in [9.17, 15) is 0 Å². The molecule has 0 atom stereocenters. The topological polar surface area (TPSA) is 43.9 Å². The molecule has 0 unspecified atom stereocenters. The maximum Gasteiger partial charge on any atom is 0.124 e. The molecule has 0 saturated heterocycles. The Bertz CT molecular complexity index is 3300. The fraction of sp³-hybridized carbons (Fsp3) is 0.186. The molecule has 5 heteroatoms. The van der Waals surface area contributed by atoms with E-state index in [1.165, 1.54) is 27.8 Å². The fourth-order valence-corrected chi connectivity index (χ4v) is 8.46. The second kappa shape index (κ2) is 18.4. The zero-order valence-corrected chi connectivity index (χ0v) is 39.7. The standard InChI is InChI=1S/C44H37N2O.C15H16N.Ir/c1-27(2)37-25-32(30-15-8-6-9-16-30)26-38(28(3)4)41(37)46-40-22-13-12-21-39(40)45-44(46)36-20-14-19-34-35-24-23-33(31-17-10-7-11-18-31)29(5)42(35)47-43(34)36;1-15(2,3)13-9-10-16-14(11-13)12-7-5-4-6-8-12;/h6-19,21-28H,1-5H3;4-7,9-11H,1-3H3;/q2*-1;/i5D3;;. The Morgan fingerprint density at radius 1 is 0.641 bits per heavy atom. The molecule has 10 rings (SSSR count). The maximum absolute atomic E-state index is 8.61. The molecule has 0 bridgehead atoms. The number of rotatable bonds is 7. The number of aryl methyl sites for hydroxylation is 1. The van der Waals surface area contributed by atoms with Crippen molar-refractivity contribution in [3.63, 3.8) is 0 Å². The first kappa shape index (κ1) is 40.4. The van der Waals surface area contributed by atoms with E-state index < -0.39 is 6.85 Å². The molecule has 0 amide bonds. The molecule has 0 spiro atoms. The minimum absolute atomic E-state index is 0. The molecular formula is C59H53IrN3O-2. The third-order valence-electron chi connectivity index (χ3n) is 11.8. The quantitative estimate of drug-likeness (QED) is 0.149. The zero-order valence-electron chi connectivity index (χ0n) is 40.3. The van der Waals surface area contributed by atoms with Crippen LogP contribution < -0.4 is 0 Å².